The molecule has 10 nitrogen and oxygen atoms in total. The standard InChI is InChI=1S/C30H36N4O6.C2H6/c1-19-17-20(11-13-24(19)35)12-14-25(36)34-26(30(2,3)4)27(37)32-22(15-16-31-21-9-7-6-8-10-21)28-33-23(18-40-28)29(38)39-5;1-2/h6-11,13,15,17-18,26,31,35H,12,14,16H2,1-5H3,(H,32,37)(H,34,36);1-2H3/b22-15+;. The maximum absolute atomic E-state index is 13.5. The predicted octanol–water partition coefficient (Wildman–Crippen LogP) is 5.23. The summed E-state index contributed by atoms with van der Waals surface area (Å²) in [5.41, 5.74) is 2.06. The highest BCUT2D eigenvalue weighted by Gasteiger charge is 2.33. The van der Waals surface area contributed by atoms with E-state index in [9.17, 15) is 19.5 Å². The molecule has 1 unspecified atom stereocenters. The maximum Gasteiger partial charge on any atom is 0.360 e. The van der Waals surface area contributed by atoms with Gasteiger partial charge in [0.1, 0.15) is 23.8 Å². The van der Waals surface area contributed by atoms with Gasteiger partial charge in [-0.15, -0.1) is 0 Å². The number of hydrogen-bond donors (Lipinski definition) is 4. The molecular weight excluding hydrogens is 536 g/mol. The number of nitrogens with one attached hydrogen (secondary N) is 3. The summed E-state index contributed by atoms with van der Waals surface area (Å²) in [6.45, 7) is 11.7. The zero-order chi connectivity index (χ0) is 31.3. The first-order valence-corrected chi connectivity index (χ1v) is 13.9. The Kier molecular flexibility index (Phi) is 12.8. The number of phenols is 1. The van der Waals surface area contributed by atoms with Crippen LogP contribution in [-0.2, 0) is 20.7 Å². The number of aromatic hydroxyl groups is 1. The molecule has 1 heterocycles. The van der Waals surface area contributed by atoms with Gasteiger partial charge in [0.15, 0.2) is 5.69 Å². The number of benzene rings is 2. The normalized spacial score (nSPS) is 11.9. The molecule has 10 heteroatoms. The molecule has 42 heavy (non-hydrogen) atoms. The summed E-state index contributed by atoms with van der Waals surface area (Å²) in [5, 5.41) is 18.6. The third-order valence-electron chi connectivity index (χ3n) is 6.11. The van der Waals surface area contributed by atoms with E-state index in [2.05, 4.69) is 20.9 Å². The second-order valence-corrected chi connectivity index (χ2v) is 10.4. The second-order valence-electron chi connectivity index (χ2n) is 10.4. The molecule has 2 aromatic carbocycles. The van der Waals surface area contributed by atoms with Gasteiger partial charge in [0.05, 0.1) is 7.11 Å². The molecule has 0 saturated heterocycles. The number of rotatable bonds is 11. The summed E-state index contributed by atoms with van der Waals surface area (Å²) in [5.74, 6) is -1.21. The van der Waals surface area contributed by atoms with Gasteiger partial charge in [0, 0.05) is 18.7 Å². The van der Waals surface area contributed by atoms with Crippen LogP contribution in [0.4, 0.5) is 5.69 Å². The third-order valence-corrected chi connectivity index (χ3v) is 6.11. The highest BCUT2D eigenvalue weighted by molar-refractivity contribution is 5.93. The number of hydrogen-bond acceptors (Lipinski definition) is 8. The van der Waals surface area contributed by atoms with Gasteiger partial charge in [0.25, 0.3) is 0 Å². The Morgan fingerprint density at radius 3 is 2.40 bits per heavy atom. The van der Waals surface area contributed by atoms with Crippen molar-refractivity contribution in [1.29, 1.82) is 0 Å². The van der Waals surface area contributed by atoms with Crippen molar-refractivity contribution in [2.75, 3.05) is 19.0 Å². The third kappa shape index (κ3) is 10.1. The topological polar surface area (TPSA) is 143 Å². The molecule has 2 amide bonds. The van der Waals surface area contributed by atoms with Crippen molar-refractivity contribution in [3.63, 3.8) is 0 Å². The number of oxazole rings is 1. The molecule has 0 spiro atoms. The molecular formula is C32H42N4O6. The van der Waals surface area contributed by atoms with E-state index in [1.807, 2.05) is 71.0 Å². The summed E-state index contributed by atoms with van der Waals surface area (Å²) in [6, 6.07) is 13.8. The van der Waals surface area contributed by atoms with E-state index in [-0.39, 0.29) is 35.4 Å². The van der Waals surface area contributed by atoms with E-state index in [1.54, 1.807) is 25.1 Å². The average Bonchev–Trinajstić information content (AvgIpc) is 3.47. The van der Waals surface area contributed by atoms with Crippen molar-refractivity contribution < 1.29 is 28.6 Å². The Bertz CT molecular complexity index is 1360. The van der Waals surface area contributed by atoms with Crippen LogP contribution in [0.2, 0.25) is 0 Å². The van der Waals surface area contributed by atoms with Gasteiger partial charge in [-0.1, -0.05) is 65.0 Å². The molecule has 0 saturated carbocycles. The fourth-order valence-electron chi connectivity index (χ4n) is 3.86. The summed E-state index contributed by atoms with van der Waals surface area (Å²) in [7, 11) is 1.23. The number of amides is 2. The SMILES string of the molecule is CC.COC(=O)c1coc(/C(=C\CNc2ccccc2)NC(=O)C(NC(=O)CCc2ccc(O)c(C)c2)C(C)(C)C)n1. The van der Waals surface area contributed by atoms with Crippen LogP contribution in [0, 0.1) is 12.3 Å². The molecule has 0 aliphatic rings. The largest absolute Gasteiger partial charge is 0.508 e. The molecule has 0 bridgehead atoms. The summed E-state index contributed by atoms with van der Waals surface area (Å²) < 4.78 is 10.2. The van der Waals surface area contributed by atoms with Crippen LogP contribution in [0.3, 0.4) is 0 Å². The van der Waals surface area contributed by atoms with E-state index in [4.69, 9.17) is 9.15 Å². The van der Waals surface area contributed by atoms with Gasteiger partial charge >= 0.3 is 5.97 Å². The van der Waals surface area contributed by atoms with Crippen LogP contribution in [0.5, 0.6) is 5.75 Å². The minimum absolute atomic E-state index is 0.0188. The lowest BCUT2D eigenvalue weighted by molar-refractivity contribution is -0.130. The van der Waals surface area contributed by atoms with Gasteiger partial charge in [-0.25, -0.2) is 9.78 Å². The van der Waals surface area contributed by atoms with E-state index < -0.39 is 23.3 Å². The van der Waals surface area contributed by atoms with Crippen LogP contribution in [0.1, 0.15) is 68.5 Å². The first-order chi connectivity index (χ1) is 20.0. The van der Waals surface area contributed by atoms with Crippen molar-refractivity contribution in [3.05, 3.63) is 83.6 Å². The predicted molar refractivity (Wildman–Crippen MR) is 163 cm³/mol. The van der Waals surface area contributed by atoms with E-state index in [1.165, 1.54) is 7.11 Å². The van der Waals surface area contributed by atoms with Gasteiger partial charge < -0.3 is 30.2 Å². The van der Waals surface area contributed by atoms with Crippen LogP contribution >= 0.6 is 0 Å². The first-order valence-electron chi connectivity index (χ1n) is 13.9. The van der Waals surface area contributed by atoms with Gasteiger partial charge in [-0.3, -0.25) is 9.59 Å². The lowest BCUT2D eigenvalue weighted by Gasteiger charge is -2.30. The number of aromatic nitrogens is 1. The van der Waals surface area contributed by atoms with Crippen molar-refractivity contribution in [1.82, 2.24) is 15.6 Å². The quantitative estimate of drug-likeness (QED) is 0.227. The molecule has 0 aliphatic heterocycles. The summed E-state index contributed by atoms with van der Waals surface area (Å²) in [6.07, 6.45) is 3.44. The van der Waals surface area contributed by atoms with Gasteiger partial charge in [-0.2, -0.15) is 0 Å². The van der Waals surface area contributed by atoms with Gasteiger partial charge in [0.2, 0.25) is 17.7 Å². The fraction of sp³-hybridized carbons (Fsp3) is 0.375. The summed E-state index contributed by atoms with van der Waals surface area (Å²) in [4.78, 5) is 42.5. The number of ether oxygens (including phenoxy) is 1. The maximum atomic E-state index is 13.5. The van der Waals surface area contributed by atoms with Crippen LogP contribution in [0.25, 0.3) is 5.70 Å². The minimum Gasteiger partial charge on any atom is -0.508 e. The number of esters is 1. The van der Waals surface area contributed by atoms with Crippen LogP contribution in [0.15, 0.2) is 65.3 Å². The molecule has 0 radical (unpaired) electrons. The van der Waals surface area contributed by atoms with Crippen molar-refractivity contribution in [2.45, 2.75) is 60.4 Å². The smallest absolute Gasteiger partial charge is 0.360 e. The molecule has 0 aliphatic carbocycles. The zero-order valence-electron chi connectivity index (χ0n) is 25.4. The van der Waals surface area contributed by atoms with Crippen LogP contribution < -0.4 is 16.0 Å². The van der Waals surface area contributed by atoms with E-state index in [0.717, 1.165) is 23.1 Å². The van der Waals surface area contributed by atoms with Crippen LogP contribution in [-0.4, -0.2) is 47.6 Å². The number of carbonyl (C=O) groups is 3. The highest BCUT2D eigenvalue weighted by Crippen LogP contribution is 2.22. The lowest BCUT2D eigenvalue weighted by Crippen LogP contribution is -2.53. The summed E-state index contributed by atoms with van der Waals surface area (Å²) >= 11 is 0. The Labute approximate surface area is 247 Å². The fourth-order valence-corrected chi connectivity index (χ4v) is 3.86. The van der Waals surface area contributed by atoms with Crippen molar-refractivity contribution >= 4 is 29.2 Å². The number of nitrogens with zero attached hydrogens (tertiary/aromatic N) is 1. The molecule has 226 valence electrons. The average molecular weight is 579 g/mol. The van der Waals surface area contributed by atoms with E-state index in [0.29, 0.717) is 13.0 Å². The minimum atomic E-state index is -0.887. The number of methoxy groups -OCH3 is 1. The number of para-hydroxylation sites is 1. The number of phenolic OH excluding ortho intramolecular Hbond substituents is 1. The molecule has 1 atom stereocenters. The van der Waals surface area contributed by atoms with E-state index >= 15 is 0 Å². The van der Waals surface area contributed by atoms with Crippen molar-refractivity contribution in [3.8, 4) is 5.75 Å². The highest BCUT2D eigenvalue weighted by atomic mass is 16.5. The monoisotopic (exact) mass is 578 g/mol. The first kappa shape index (κ1) is 33.6. The molecule has 4 N–H and O–H groups in total. The number of anilines is 1. The number of carbonyl (C=O) groups excluding carboxylic acids is 3. The Hall–Kier alpha value is -4.60. The molecule has 3 aromatic rings. The molecule has 0 fully saturated rings. The van der Waals surface area contributed by atoms with Crippen molar-refractivity contribution in [2.24, 2.45) is 5.41 Å². The second kappa shape index (κ2) is 16.0. The Balaban J connectivity index is 0.00000301. The Morgan fingerprint density at radius 2 is 1.79 bits per heavy atom. The molecule has 3 rings (SSSR count). The van der Waals surface area contributed by atoms with Gasteiger partial charge in [-0.05, 0) is 54.2 Å². The number of aryl methyl sites for hydroxylation is 2. The zero-order valence-corrected chi connectivity index (χ0v) is 25.4. The Morgan fingerprint density at radius 1 is 1.10 bits per heavy atom. The molecule has 1 aromatic heterocycles. The lowest BCUT2D eigenvalue weighted by atomic mass is 9.86.